The Morgan fingerprint density at radius 3 is 2.62 bits per heavy atom. The van der Waals surface area contributed by atoms with Gasteiger partial charge in [-0.2, -0.15) is 0 Å². The van der Waals surface area contributed by atoms with Gasteiger partial charge in [0.05, 0.1) is 44.7 Å². The summed E-state index contributed by atoms with van der Waals surface area (Å²) in [6.45, 7) is 10.5. The van der Waals surface area contributed by atoms with Crippen LogP contribution >= 0.6 is 0 Å². The molecule has 0 aliphatic carbocycles. The number of hydrogen-bond acceptors (Lipinski definition) is 5. The molecule has 0 aromatic rings. The van der Waals surface area contributed by atoms with E-state index in [9.17, 15) is 0 Å². The van der Waals surface area contributed by atoms with Crippen LogP contribution in [0.5, 0.6) is 0 Å². The topological polar surface area (TPSA) is 46.2 Å². The maximum Gasteiger partial charge on any atom is 0.104 e. The van der Waals surface area contributed by atoms with E-state index < -0.39 is 0 Å². The molecule has 1 heterocycles. The minimum atomic E-state index is -0.0343. The van der Waals surface area contributed by atoms with Crippen LogP contribution in [0.3, 0.4) is 0 Å². The van der Waals surface area contributed by atoms with E-state index in [1.54, 1.807) is 7.11 Å². The molecular weight excluding hydrogens is 272 g/mol. The SMILES string of the molecule is CCC(C)OC(COC)COCC1COC(C)CC(C)O1. The minimum Gasteiger partial charge on any atom is -0.382 e. The van der Waals surface area contributed by atoms with Crippen LogP contribution in [0.4, 0.5) is 0 Å². The lowest BCUT2D eigenvalue weighted by molar-refractivity contribution is -0.106. The Morgan fingerprint density at radius 1 is 1.19 bits per heavy atom. The summed E-state index contributed by atoms with van der Waals surface area (Å²) in [5.74, 6) is 0. The standard InChI is InChI=1S/C16H32O5/c1-6-12(2)20-15(8-17-5)9-18-10-16-11-19-13(3)7-14(4)21-16/h12-16H,6-11H2,1-5H3. The second kappa shape index (κ2) is 10.5. The molecule has 0 aromatic heterocycles. The lowest BCUT2D eigenvalue weighted by Gasteiger charge is -2.23. The average molecular weight is 304 g/mol. The molecule has 126 valence electrons. The van der Waals surface area contributed by atoms with Crippen molar-refractivity contribution >= 4 is 0 Å². The Morgan fingerprint density at radius 2 is 1.95 bits per heavy atom. The van der Waals surface area contributed by atoms with Crippen molar-refractivity contribution in [3.63, 3.8) is 0 Å². The van der Waals surface area contributed by atoms with Gasteiger partial charge in [0.1, 0.15) is 12.2 Å². The van der Waals surface area contributed by atoms with Gasteiger partial charge < -0.3 is 23.7 Å². The van der Waals surface area contributed by atoms with Crippen LogP contribution in [0.2, 0.25) is 0 Å². The largest absolute Gasteiger partial charge is 0.382 e. The quantitative estimate of drug-likeness (QED) is 0.654. The highest BCUT2D eigenvalue weighted by Gasteiger charge is 2.22. The van der Waals surface area contributed by atoms with Gasteiger partial charge in [0, 0.05) is 7.11 Å². The number of rotatable bonds is 9. The van der Waals surface area contributed by atoms with Crippen LogP contribution in [0.15, 0.2) is 0 Å². The summed E-state index contributed by atoms with van der Waals surface area (Å²) in [5, 5.41) is 0. The van der Waals surface area contributed by atoms with Crippen molar-refractivity contribution < 1.29 is 23.7 Å². The summed E-state index contributed by atoms with van der Waals surface area (Å²) in [5.41, 5.74) is 0. The summed E-state index contributed by atoms with van der Waals surface area (Å²) in [6.07, 6.45) is 2.55. The first kappa shape index (κ1) is 18.8. The average Bonchev–Trinajstić information content (AvgIpc) is 2.59. The molecule has 1 aliphatic rings. The monoisotopic (exact) mass is 304 g/mol. The van der Waals surface area contributed by atoms with Gasteiger partial charge >= 0.3 is 0 Å². The molecule has 1 saturated heterocycles. The maximum atomic E-state index is 5.90. The van der Waals surface area contributed by atoms with Crippen molar-refractivity contribution in [1.29, 1.82) is 0 Å². The predicted octanol–water partition coefficient (Wildman–Crippen LogP) is 2.42. The Kier molecular flexibility index (Phi) is 9.44. The molecule has 1 fully saturated rings. The van der Waals surface area contributed by atoms with Crippen molar-refractivity contribution in [3.05, 3.63) is 0 Å². The third-order valence-corrected chi connectivity index (χ3v) is 3.61. The summed E-state index contributed by atoms with van der Waals surface area (Å²) < 4.78 is 28.4. The van der Waals surface area contributed by atoms with Crippen molar-refractivity contribution in [3.8, 4) is 0 Å². The Labute approximate surface area is 129 Å². The molecule has 0 aromatic carbocycles. The van der Waals surface area contributed by atoms with Crippen molar-refractivity contribution in [2.24, 2.45) is 0 Å². The van der Waals surface area contributed by atoms with Crippen LogP contribution in [0, 0.1) is 0 Å². The first-order valence-electron chi connectivity index (χ1n) is 8.04. The van der Waals surface area contributed by atoms with Crippen molar-refractivity contribution in [2.45, 2.75) is 71.1 Å². The zero-order valence-electron chi connectivity index (χ0n) is 14.2. The smallest absolute Gasteiger partial charge is 0.104 e. The molecule has 1 aliphatic heterocycles. The van der Waals surface area contributed by atoms with Gasteiger partial charge in [-0.25, -0.2) is 0 Å². The highest BCUT2D eigenvalue weighted by molar-refractivity contribution is 4.69. The van der Waals surface area contributed by atoms with Gasteiger partial charge in [0.25, 0.3) is 0 Å². The van der Waals surface area contributed by atoms with E-state index in [4.69, 9.17) is 23.7 Å². The predicted molar refractivity (Wildman–Crippen MR) is 81.7 cm³/mol. The zero-order chi connectivity index (χ0) is 15.7. The number of methoxy groups -OCH3 is 1. The lowest BCUT2D eigenvalue weighted by Crippen LogP contribution is -2.32. The number of hydrogen-bond donors (Lipinski definition) is 0. The fourth-order valence-electron chi connectivity index (χ4n) is 2.39. The first-order chi connectivity index (χ1) is 10.0. The molecule has 1 rings (SSSR count). The third kappa shape index (κ3) is 8.12. The Balaban J connectivity index is 2.28. The first-order valence-corrected chi connectivity index (χ1v) is 8.04. The second-order valence-electron chi connectivity index (χ2n) is 5.92. The van der Waals surface area contributed by atoms with E-state index >= 15 is 0 Å². The van der Waals surface area contributed by atoms with Gasteiger partial charge in [0.15, 0.2) is 0 Å². The summed E-state index contributed by atoms with van der Waals surface area (Å²) >= 11 is 0. The normalized spacial score (nSPS) is 29.9. The molecule has 0 amide bonds. The fourth-order valence-corrected chi connectivity index (χ4v) is 2.39. The molecule has 5 unspecified atom stereocenters. The van der Waals surface area contributed by atoms with Gasteiger partial charge in [0.2, 0.25) is 0 Å². The highest BCUT2D eigenvalue weighted by Crippen LogP contribution is 2.14. The van der Waals surface area contributed by atoms with Crippen LogP contribution in [0.1, 0.15) is 40.5 Å². The molecule has 5 nitrogen and oxygen atoms in total. The van der Waals surface area contributed by atoms with Gasteiger partial charge in [-0.1, -0.05) is 6.92 Å². The molecule has 0 bridgehead atoms. The van der Waals surface area contributed by atoms with E-state index in [0.29, 0.717) is 26.4 Å². The third-order valence-electron chi connectivity index (χ3n) is 3.61. The maximum absolute atomic E-state index is 5.90. The number of ether oxygens (including phenoxy) is 5. The van der Waals surface area contributed by atoms with Crippen molar-refractivity contribution in [1.82, 2.24) is 0 Å². The summed E-state index contributed by atoms with van der Waals surface area (Å²) in [4.78, 5) is 0. The second-order valence-corrected chi connectivity index (χ2v) is 5.92. The van der Waals surface area contributed by atoms with Gasteiger partial charge in [-0.15, -0.1) is 0 Å². The molecule has 21 heavy (non-hydrogen) atoms. The Hall–Kier alpha value is -0.200. The molecule has 0 spiro atoms. The Bertz CT molecular complexity index is 257. The summed E-state index contributed by atoms with van der Waals surface area (Å²) in [6, 6.07) is 0. The molecule has 0 radical (unpaired) electrons. The van der Waals surface area contributed by atoms with Crippen LogP contribution < -0.4 is 0 Å². The molecule has 5 atom stereocenters. The lowest BCUT2D eigenvalue weighted by atomic mass is 10.2. The van der Waals surface area contributed by atoms with Gasteiger partial charge in [-0.05, 0) is 33.6 Å². The molecule has 0 saturated carbocycles. The molecular formula is C16H32O5. The van der Waals surface area contributed by atoms with E-state index in [-0.39, 0.29) is 30.5 Å². The fraction of sp³-hybridized carbons (Fsp3) is 1.00. The zero-order valence-corrected chi connectivity index (χ0v) is 14.2. The highest BCUT2D eigenvalue weighted by atomic mass is 16.6. The van der Waals surface area contributed by atoms with Crippen LogP contribution in [0.25, 0.3) is 0 Å². The molecule has 0 N–H and O–H groups in total. The summed E-state index contributed by atoms with van der Waals surface area (Å²) in [7, 11) is 1.68. The molecule has 5 heteroatoms. The van der Waals surface area contributed by atoms with Crippen LogP contribution in [-0.4, -0.2) is 64.1 Å². The van der Waals surface area contributed by atoms with E-state index in [1.165, 1.54) is 0 Å². The van der Waals surface area contributed by atoms with E-state index in [0.717, 1.165) is 12.8 Å². The van der Waals surface area contributed by atoms with E-state index in [1.807, 2.05) is 0 Å². The minimum absolute atomic E-state index is 0.00302. The van der Waals surface area contributed by atoms with Crippen molar-refractivity contribution in [2.75, 3.05) is 33.5 Å². The van der Waals surface area contributed by atoms with E-state index in [2.05, 4.69) is 27.7 Å². The van der Waals surface area contributed by atoms with Gasteiger partial charge in [-0.3, -0.25) is 0 Å². The van der Waals surface area contributed by atoms with Crippen LogP contribution in [-0.2, 0) is 23.7 Å².